The molecule has 0 atom stereocenters. The number of fused-ring (bicyclic) bond motifs is 1. The quantitative estimate of drug-likeness (QED) is 0.440. The maximum atomic E-state index is 15.2. The lowest BCUT2D eigenvalue weighted by Gasteiger charge is -2.18. The van der Waals surface area contributed by atoms with Crippen molar-refractivity contribution >= 4 is 40.1 Å². The van der Waals surface area contributed by atoms with E-state index in [1.165, 1.54) is 6.07 Å². The molecule has 156 valence electrons. The first-order valence-electron chi connectivity index (χ1n) is 9.50. The maximum absolute atomic E-state index is 15.2. The lowest BCUT2D eigenvalue weighted by Crippen LogP contribution is -2.18. The molecule has 0 amide bonds. The highest BCUT2D eigenvalue weighted by Gasteiger charge is 2.25. The summed E-state index contributed by atoms with van der Waals surface area (Å²) in [5.41, 5.74) is 0.250. The SMILES string of the molecule is CCOC(=O)c1nc2c(c(F)c1Cl)c(=O)cc(Nc1ccccc1)n2-c1ccccc1. The van der Waals surface area contributed by atoms with Gasteiger partial charge in [-0.25, -0.2) is 14.2 Å². The zero-order valence-electron chi connectivity index (χ0n) is 16.4. The second kappa shape index (κ2) is 8.57. The van der Waals surface area contributed by atoms with E-state index >= 15 is 4.39 Å². The second-order valence-corrected chi connectivity index (χ2v) is 6.94. The lowest BCUT2D eigenvalue weighted by atomic mass is 10.2. The van der Waals surface area contributed by atoms with E-state index in [9.17, 15) is 9.59 Å². The predicted molar refractivity (Wildman–Crippen MR) is 118 cm³/mol. The Morgan fingerprint density at radius 3 is 2.42 bits per heavy atom. The summed E-state index contributed by atoms with van der Waals surface area (Å²) >= 11 is 6.04. The Kier molecular flexibility index (Phi) is 5.68. The molecule has 0 aliphatic rings. The third kappa shape index (κ3) is 3.87. The fourth-order valence-corrected chi connectivity index (χ4v) is 3.43. The molecule has 31 heavy (non-hydrogen) atoms. The maximum Gasteiger partial charge on any atom is 0.358 e. The monoisotopic (exact) mass is 437 g/mol. The summed E-state index contributed by atoms with van der Waals surface area (Å²) in [5.74, 6) is -1.55. The van der Waals surface area contributed by atoms with Crippen molar-refractivity contribution in [2.45, 2.75) is 6.92 Å². The Balaban J connectivity index is 2.07. The van der Waals surface area contributed by atoms with Gasteiger partial charge in [0.05, 0.1) is 6.61 Å². The van der Waals surface area contributed by atoms with Crippen LogP contribution in [0.2, 0.25) is 5.02 Å². The number of esters is 1. The van der Waals surface area contributed by atoms with Crippen molar-refractivity contribution in [3.05, 3.63) is 93.5 Å². The molecule has 0 bridgehead atoms. The number of halogens is 2. The zero-order valence-corrected chi connectivity index (χ0v) is 17.2. The fraction of sp³-hybridized carbons (Fsp3) is 0.0870. The van der Waals surface area contributed by atoms with Crippen molar-refractivity contribution in [3.8, 4) is 5.69 Å². The summed E-state index contributed by atoms with van der Waals surface area (Å²) in [5, 5.41) is 2.29. The number of para-hydroxylation sites is 2. The van der Waals surface area contributed by atoms with Crippen molar-refractivity contribution < 1.29 is 13.9 Å². The highest BCUT2D eigenvalue weighted by Crippen LogP contribution is 2.29. The molecule has 2 aromatic carbocycles. The number of benzene rings is 2. The molecular formula is C23H17ClFN3O3. The van der Waals surface area contributed by atoms with Gasteiger partial charge in [-0.1, -0.05) is 48.0 Å². The molecule has 0 spiro atoms. The number of ether oxygens (including phenoxy) is 1. The van der Waals surface area contributed by atoms with Gasteiger partial charge in [0.15, 0.2) is 22.6 Å². The van der Waals surface area contributed by atoms with Crippen LogP contribution in [0.25, 0.3) is 16.7 Å². The van der Waals surface area contributed by atoms with E-state index in [1.54, 1.807) is 35.8 Å². The largest absolute Gasteiger partial charge is 0.461 e. The molecule has 0 radical (unpaired) electrons. The van der Waals surface area contributed by atoms with Gasteiger partial charge >= 0.3 is 5.97 Å². The minimum atomic E-state index is -1.02. The number of aromatic nitrogens is 2. The van der Waals surface area contributed by atoms with Gasteiger partial charge in [-0.05, 0) is 31.2 Å². The number of carbonyl (C=O) groups is 1. The first kappa shape index (κ1) is 20.6. The Hall–Kier alpha value is -3.71. The van der Waals surface area contributed by atoms with Crippen LogP contribution in [0.1, 0.15) is 17.4 Å². The number of nitrogens with one attached hydrogen (secondary N) is 1. The number of anilines is 2. The van der Waals surface area contributed by atoms with Crippen LogP contribution in [0.5, 0.6) is 0 Å². The highest BCUT2D eigenvalue weighted by molar-refractivity contribution is 6.34. The number of nitrogens with zero attached hydrogens (tertiary/aromatic N) is 2. The normalized spacial score (nSPS) is 10.8. The average molecular weight is 438 g/mol. The van der Waals surface area contributed by atoms with Crippen LogP contribution in [0, 0.1) is 5.82 Å². The van der Waals surface area contributed by atoms with Crippen molar-refractivity contribution in [3.63, 3.8) is 0 Å². The molecule has 0 saturated heterocycles. The Morgan fingerprint density at radius 2 is 1.77 bits per heavy atom. The van der Waals surface area contributed by atoms with Gasteiger partial charge in [-0.3, -0.25) is 9.36 Å². The fourth-order valence-electron chi connectivity index (χ4n) is 3.21. The van der Waals surface area contributed by atoms with E-state index in [2.05, 4.69) is 10.3 Å². The molecule has 0 unspecified atom stereocenters. The predicted octanol–water partition coefficient (Wildman–Crippen LogP) is 5.10. The molecule has 0 fully saturated rings. The minimum absolute atomic E-state index is 0.0536. The third-order valence-corrected chi connectivity index (χ3v) is 4.90. The molecular weight excluding hydrogens is 421 g/mol. The summed E-state index contributed by atoms with van der Waals surface area (Å²) in [6.07, 6.45) is 0. The molecule has 6 nitrogen and oxygen atoms in total. The minimum Gasteiger partial charge on any atom is -0.461 e. The van der Waals surface area contributed by atoms with Gasteiger partial charge in [0, 0.05) is 17.4 Å². The van der Waals surface area contributed by atoms with E-state index in [0.29, 0.717) is 17.2 Å². The van der Waals surface area contributed by atoms with Crippen LogP contribution in [-0.2, 0) is 4.74 Å². The van der Waals surface area contributed by atoms with Gasteiger partial charge in [0.25, 0.3) is 0 Å². The molecule has 4 rings (SSSR count). The molecule has 4 aromatic rings. The molecule has 0 aliphatic heterocycles. The van der Waals surface area contributed by atoms with Gasteiger partial charge < -0.3 is 10.1 Å². The average Bonchev–Trinajstić information content (AvgIpc) is 2.77. The highest BCUT2D eigenvalue weighted by atomic mass is 35.5. The smallest absolute Gasteiger partial charge is 0.358 e. The standard InChI is InChI=1S/C23H17ClFN3O3/c1-2-31-23(30)21-19(24)20(25)18-16(29)13-17(26-14-9-5-3-6-10-14)28(22(18)27-21)15-11-7-4-8-12-15/h3-13,26H,2H2,1H3. The zero-order chi connectivity index (χ0) is 22.0. The Bertz CT molecular complexity index is 1330. The van der Waals surface area contributed by atoms with E-state index in [4.69, 9.17) is 16.3 Å². The van der Waals surface area contributed by atoms with Gasteiger partial charge in [-0.2, -0.15) is 0 Å². The summed E-state index contributed by atoms with van der Waals surface area (Å²) < 4.78 is 21.7. The molecule has 0 saturated carbocycles. The van der Waals surface area contributed by atoms with Crippen LogP contribution < -0.4 is 10.7 Å². The van der Waals surface area contributed by atoms with Crippen molar-refractivity contribution in [1.82, 2.24) is 9.55 Å². The van der Waals surface area contributed by atoms with E-state index in [-0.39, 0.29) is 17.6 Å². The van der Waals surface area contributed by atoms with Crippen molar-refractivity contribution in [2.75, 3.05) is 11.9 Å². The van der Waals surface area contributed by atoms with Crippen molar-refractivity contribution in [1.29, 1.82) is 0 Å². The van der Waals surface area contributed by atoms with E-state index in [0.717, 1.165) is 0 Å². The number of hydrogen-bond donors (Lipinski definition) is 1. The summed E-state index contributed by atoms with van der Waals surface area (Å²) in [4.78, 5) is 29.4. The third-order valence-electron chi connectivity index (χ3n) is 4.56. The van der Waals surface area contributed by atoms with Gasteiger partial charge in [0.1, 0.15) is 16.2 Å². The van der Waals surface area contributed by atoms with E-state index in [1.807, 2.05) is 36.4 Å². The summed E-state index contributed by atoms with van der Waals surface area (Å²) in [6.45, 7) is 1.68. The number of hydrogen-bond acceptors (Lipinski definition) is 5. The molecule has 2 aromatic heterocycles. The van der Waals surface area contributed by atoms with Crippen LogP contribution >= 0.6 is 11.6 Å². The van der Waals surface area contributed by atoms with Gasteiger partial charge in [0.2, 0.25) is 0 Å². The van der Waals surface area contributed by atoms with Crippen LogP contribution in [0.15, 0.2) is 71.5 Å². The Labute approximate surface area is 181 Å². The van der Waals surface area contributed by atoms with Crippen LogP contribution in [0.4, 0.5) is 15.9 Å². The van der Waals surface area contributed by atoms with Crippen LogP contribution in [-0.4, -0.2) is 22.1 Å². The Morgan fingerprint density at radius 1 is 1.13 bits per heavy atom. The van der Waals surface area contributed by atoms with E-state index < -0.39 is 27.9 Å². The molecule has 1 N–H and O–H groups in total. The number of carbonyl (C=O) groups excluding carboxylic acids is 1. The number of rotatable bonds is 5. The first-order chi connectivity index (χ1) is 15.0. The summed E-state index contributed by atoms with van der Waals surface area (Å²) in [7, 11) is 0. The molecule has 2 heterocycles. The second-order valence-electron chi connectivity index (χ2n) is 6.56. The first-order valence-corrected chi connectivity index (χ1v) is 9.88. The number of pyridine rings is 2. The van der Waals surface area contributed by atoms with Crippen molar-refractivity contribution in [2.24, 2.45) is 0 Å². The topological polar surface area (TPSA) is 73.2 Å². The molecule has 8 heteroatoms. The molecule has 0 aliphatic carbocycles. The lowest BCUT2D eigenvalue weighted by molar-refractivity contribution is 0.0519. The van der Waals surface area contributed by atoms with Gasteiger partial charge in [-0.15, -0.1) is 0 Å². The van der Waals surface area contributed by atoms with Crippen LogP contribution in [0.3, 0.4) is 0 Å². The summed E-state index contributed by atoms with van der Waals surface area (Å²) in [6, 6.07) is 19.4.